The maximum Gasteiger partial charge on any atom is 1.00 e. The molecule has 0 aliphatic heterocycles. The number of nitrogens with zero attached hydrogens (tertiary/aromatic N) is 2. The number of carbonyl (C=O) groups excluding carboxylic acids is 1. The molecule has 0 unspecified atom stereocenters. The molecule has 8 heteroatoms. The van der Waals surface area contributed by atoms with Crippen molar-refractivity contribution >= 4 is 26.1 Å². The molecule has 2 rings (SSSR count). The number of hydrogen-bond donors (Lipinski definition) is 1. The van der Waals surface area contributed by atoms with Gasteiger partial charge < -0.3 is 6.53 Å². The second kappa shape index (κ2) is 12.4. The largest absolute Gasteiger partial charge is 1.00 e. The van der Waals surface area contributed by atoms with Crippen LogP contribution >= 0.6 is 0 Å². The fourth-order valence-electron chi connectivity index (χ4n) is 1.43. The summed E-state index contributed by atoms with van der Waals surface area (Å²) in [5.41, 5.74) is 0.655. The number of halogens is 2. The van der Waals surface area contributed by atoms with Gasteiger partial charge in [0.2, 0.25) is 11.4 Å². The molecule has 0 amide bonds. The minimum absolute atomic E-state index is 0. The van der Waals surface area contributed by atoms with E-state index in [1.54, 1.807) is 0 Å². The zero-order chi connectivity index (χ0) is 16.5. The maximum atomic E-state index is 12.7. The Hall–Kier alpha value is -2.03. The molecule has 0 saturated heterocycles. The predicted molar refractivity (Wildman–Crippen MR) is 83.5 cm³/mol. The Balaban J connectivity index is -0.000000346. The van der Waals surface area contributed by atoms with E-state index in [-0.39, 0.29) is 62.9 Å². The molecule has 3 radical (unpaired) electrons. The maximum absolute atomic E-state index is 12.7. The monoisotopic (exact) mass is 335 g/mol. The topological polar surface area (TPSA) is 46.0 Å². The van der Waals surface area contributed by atoms with E-state index in [0.717, 1.165) is 12.1 Å². The van der Waals surface area contributed by atoms with Crippen LogP contribution in [-0.2, 0) is 6.61 Å². The second-order valence-electron chi connectivity index (χ2n) is 4.00. The third-order valence-corrected chi connectivity index (χ3v) is 2.54. The average Bonchev–Trinajstić information content (AvgIpc) is 2.55. The third-order valence-electron chi connectivity index (χ3n) is 2.54. The van der Waals surface area contributed by atoms with Crippen LogP contribution in [0.3, 0.4) is 0 Å². The van der Waals surface area contributed by atoms with E-state index >= 15 is 0 Å². The quantitative estimate of drug-likeness (QED) is 0.501. The number of aliphatic hydroxyl groups excluding tert-OH is 1. The molecule has 4 nitrogen and oxygen atoms in total. The number of carbonyl (C=O) groups is 1. The number of aliphatic hydroxyl groups is 1. The van der Waals surface area contributed by atoms with Gasteiger partial charge in [-0.2, -0.15) is 0 Å². The van der Waals surface area contributed by atoms with Crippen molar-refractivity contribution in [3.63, 3.8) is 0 Å². The Morgan fingerprint density at radius 3 is 1.92 bits per heavy atom. The van der Waals surface area contributed by atoms with Gasteiger partial charge in [0.05, 0.1) is 19.8 Å². The predicted octanol–water partition coefficient (Wildman–Crippen LogP) is 0.793. The van der Waals surface area contributed by atoms with E-state index in [0.29, 0.717) is 11.8 Å². The van der Waals surface area contributed by atoms with Crippen molar-refractivity contribution in [2.45, 2.75) is 6.61 Å². The van der Waals surface area contributed by atoms with Crippen LogP contribution in [-0.4, -0.2) is 19.8 Å². The van der Waals surface area contributed by atoms with Crippen molar-refractivity contribution in [3.8, 4) is 0 Å². The van der Waals surface area contributed by atoms with Crippen LogP contribution in [0.1, 0.15) is 17.3 Å². The number of aldehydes is 1. The van der Waals surface area contributed by atoms with Crippen LogP contribution in [0.15, 0.2) is 36.4 Å². The molecule has 0 atom stereocenters. The van der Waals surface area contributed by atoms with Gasteiger partial charge in [0.1, 0.15) is 17.9 Å². The Morgan fingerprint density at radius 1 is 1.04 bits per heavy atom. The summed E-state index contributed by atoms with van der Waals surface area (Å²) in [6.45, 7) is 12.8. The first-order chi connectivity index (χ1) is 10.5. The van der Waals surface area contributed by atoms with E-state index in [9.17, 15) is 13.6 Å². The van der Waals surface area contributed by atoms with Gasteiger partial charge in [-0.3, -0.25) is 4.79 Å². The van der Waals surface area contributed by atoms with E-state index in [1.165, 1.54) is 24.3 Å². The SMILES string of the molecule is [B].[C-]#[N+]c1ccc(C=O)cc1F.[C-]#[N+]c1ccc(CO)cc1F.[H-].[Na+]. The zero-order valence-electron chi connectivity index (χ0n) is 13.8. The van der Waals surface area contributed by atoms with Crippen molar-refractivity contribution < 1.29 is 49.7 Å². The molecule has 2 aromatic carbocycles. The van der Waals surface area contributed by atoms with Gasteiger partial charge in [-0.25, -0.2) is 18.5 Å². The number of hydrogen-bond acceptors (Lipinski definition) is 2. The van der Waals surface area contributed by atoms with Gasteiger partial charge in [-0.05, 0) is 17.7 Å². The van der Waals surface area contributed by atoms with Crippen molar-refractivity contribution in [2.24, 2.45) is 0 Å². The molecule has 24 heavy (non-hydrogen) atoms. The summed E-state index contributed by atoms with van der Waals surface area (Å²) in [5, 5.41) is 8.58. The van der Waals surface area contributed by atoms with Gasteiger partial charge in [0, 0.05) is 14.0 Å². The first-order valence-electron chi connectivity index (χ1n) is 5.94. The van der Waals surface area contributed by atoms with Crippen LogP contribution in [0.2, 0.25) is 0 Å². The number of rotatable bonds is 2. The van der Waals surface area contributed by atoms with Gasteiger partial charge in [0.15, 0.2) is 0 Å². The third kappa shape index (κ3) is 7.03. The summed E-state index contributed by atoms with van der Waals surface area (Å²) in [5.74, 6) is -1.23. The molecular formula is C16H11BF2N2NaO2. The minimum Gasteiger partial charge on any atom is -1.00 e. The van der Waals surface area contributed by atoms with Crippen molar-refractivity contribution in [1.29, 1.82) is 0 Å². The van der Waals surface area contributed by atoms with Gasteiger partial charge >= 0.3 is 29.6 Å². The van der Waals surface area contributed by atoms with E-state index in [4.69, 9.17) is 18.3 Å². The molecular weight excluding hydrogens is 324 g/mol. The summed E-state index contributed by atoms with van der Waals surface area (Å²) >= 11 is 0. The Kier molecular flexibility index (Phi) is 12.5. The molecule has 0 fully saturated rings. The van der Waals surface area contributed by atoms with Crippen molar-refractivity contribution in [1.82, 2.24) is 0 Å². The first-order valence-corrected chi connectivity index (χ1v) is 5.94. The summed E-state index contributed by atoms with van der Waals surface area (Å²) in [6, 6.07) is 7.77. The molecule has 0 aromatic heterocycles. The van der Waals surface area contributed by atoms with Crippen LogP contribution in [0.4, 0.5) is 20.2 Å². The normalized spacial score (nSPS) is 8.21. The fourth-order valence-corrected chi connectivity index (χ4v) is 1.43. The molecule has 0 heterocycles. The van der Waals surface area contributed by atoms with Gasteiger partial charge in [-0.15, -0.1) is 0 Å². The van der Waals surface area contributed by atoms with Crippen LogP contribution in [0, 0.1) is 24.8 Å². The molecule has 2 aromatic rings. The minimum atomic E-state index is -0.649. The number of benzene rings is 2. The Labute approximate surface area is 164 Å². The van der Waals surface area contributed by atoms with Crippen molar-refractivity contribution in [2.75, 3.05) is 0 Å². The molecule has 0 bridgehead atoms. The summed E-state index contributed by atoms with van der Waals surface area (Å²) < 4.78 is 25.4. The van der Waals surface area contributed by atoms with Gasteiger partial charge in [0.25, 0.3) is 0 Å². The summed E-state index contributed by atoms with van der Waals surface area (Å²) in [6.07, 6.45) is 0.538. The molecule has 0 aliphatic rings. The van der Waals surface area contributed by atoms with E-state index in [2.05, 4.69) is 9.69 Å². The van der Waals surface area contributed by atoms with Crippen LogP contribution in [0.25, 0.3) is 9.69 Å². The summed E-state index contributed by atoms with van der Waals surface area (Å²) in [7, 11) is 0. The fraction of sp³-hybridized carbons (Fsp3) is 0.0625. The standard InChI is InChI=1S/C8H6FNO.C8H4FNO.B.Na.H/c2*1-10-8-3-2-6(5-11)4-7(8)9;;;/h2-4,11H,5H2;2-5H;;;/q;;;+1;-1. The van der Waals surface area contributed by atoms with E-state index < -0.39 is 11.6 Å². The molecule has 1 N–H and O–H groups in total. The van der Waals surface area contributed by atoms with Gasteiger partial charge in [-0.1, -0.05) is 24.3 Å². The van der Waals surface area contributed by atoms with Crippen LogP contribution in [0.5, 0.6) is 0 Å². The zero-order valence-corrected chi connectivity index (χ0v) is 14.8. The first kappa shape index (κ1) is 24.2. The molecule has 115 valence electrons. The summed E-state index contributed by atoms with van der Waals surface area (Å²) in [4.78, 5) is 16.0. The smallest absolute Gasteiger partial charge is 1.00 e. The molecule has 0 aliphatic carbocycles. The second-order valence-corrected chi connectivity index (χ2v) is 4.00. The Morgan fingerprint density at radius 2 is 1.54 bits per heavy atom. The van der Waals surface area contributed by atoms with Crippen LogP contribution < -0.4 is 29.6 Å². The van der Waals surface area contributed by atoms with E-state index in [1.807, 2.05) is 0 Å². The van der Waals surface area contributed by atoms with Crippen molar-refractivity contribution in [3.05, 3.63) is 82.0 Å². The molecule has 0 spiro atoms. The molecule has 0 saturated carbocycles. The average molecular weight is 335 g/mol. The Bertz CT molecular complexity index is 780.